The summed E-state index contributed by atoms with van der Waals surface area (Å²) < 4.78 is 0. The number of hydrogen-bond donors (Lipinski definition) is 1. The van der Waals surface area contributed by atoms with E-state index in [1.165, 1.54) is 31.4 Å². The van der Waals surface area contributed by atoms with Gasteiger partial charge in [-0.05, 0) is 25.0 Å². The molecule has 0 spiro atoms. The summed E-state index contributed by atoms with van der Waals surface area (Å²) in [6.45, 7) is 7.19. The molecule has 0 atom stereocenters. The number of hydrogen-bond acceptors (Lipinski definition) is 3. The van der Waals surface area contributed by atoms with E-state index in [0.29, 0.717) is 6.54 Å². The molecule has 96 valence electrons. The summed E-state index contributed by atoms with van der Waals surface area (Å²) in [5.41, 5.74) is 7.99. The van der Waals surface area contributed by atoms with Gasteiger partial charge in [0.1, 0.15) is 0 Å². The van der Waals surface area contributed by atoms with Crippen molar-refractivity contribution in [2.24, 2.45) is 5.73 Å². The van der Waals surface area contributed by atoms with Crippen LogP contribution < -0.4 is 10.6 Å². The Morgan fingerprint density at radius 2 is 1.82 bits per heavy atom. The fourth-order valence-electron chi connectivity index (χ4n) is 1.93. The van der Waals surface area contributed by atoms with Crippen molar-refractivity contribution in [1.29, 1.82) is 0 Å². The van der Waals surface area contributed by atoms with Gasteiger partial charge in [0.2, 0.25) is 0 Å². The summed E-state index contributed by atoms with van der Waals surface area (Å²) in [6.07, 6.45) is 6.72. The van der Waals surface area contributed by atoms with Gasteiger partial charge < -0.3 is 10.6 Å². The first-order valence-corrected chi connectivity index (χ1v) is 6.72. The van der Waals surface area contributed by atoms with Crippen molar-refractivity contribution >= 4 is 5.69 Å². The normalized spacial score (nSPS) is 10.5. The number of nitrogens with zero attached hydrogens (tertiary/aromatic N) is 2. The molecule has 0 unspecified atom stereocenters. The number of aromatic nitrogens is 1. The molecule has 1 aromatic rings. The molecular weight excluding hydrogens is 210 g/mol. The lowest BCUT2D eigenvalue weighted by Crippen LogP contribution is -2.27. The Kier molecular flexibility index (Phi) is 6.63. The van der Waals surface area contributed by atoms with Gasteiger partial charge in [-0.3, -0.25) is 4.98 Å². The van der Waals surface area contributed by atoms with Crippen molar-refractivity contribution < 1.29 is 0 Å². The molecular formula is C14H25N3. The zero-order valence-electron chi connectivity index (χ0n) is 11.2. The van der Waals surface area contributed by atoms with Crippen LogP contribution in [-0.4, -0.2) is 18.1 Å². The molecule has 0 saturated carbocycles. The zero-order chi connectivity index (χ0) is 12.5. The lowest BCUT2D eigenvalue weighted by molar-refractivity contribution is 0.673. The SMILES string of the molecule is CCCCN(CCCC)c1cccnc1CN. The Balaban J connectivity index is 2.78. The lowest BCUT2D eigenvalue weighted by Gasteiger charge is -2.26. The smallest absolute Gasteiger partial charge is 0.0772 e. The van der Waals surface area contributed by atoms with Crippen molar-refractivity contribution in [2.75, 3.05) is 18.0 Å². The van der Waals surface area contributed by atoms with Crippen LogP contribution in [0.5, 0.6) is 0 Å². The number of nitrogens with two attached hydrogens (primary N) is 1. The summed E-state index contributed by atoms with van der Waals surface area (Å²) in [4.78, 5) is 6.80. The van der Waals surface area contributed by atoms with Crippen LogP contribution in [0.25, 0.3) is 0 Å². The van der Waals surface area contributed by atoms with Crippen molar-refractivity contribution in [3.8, 4) is 0 Å². The van der Waals surface area contributed by atoms with Crippen LogP contribution in [0, 0.1) is 0 Å². The maximum atomic E-state index is 5.76. The summed E-state index contributed by atoms with van der Waals surface area (Å²) in [7, 11) is 0. The Bertz CT molecular complexity index is 304. The van der Waals surface area contributed by atoms with Crippen LogP contribution in [0.1, 0.15) is 45.2 Å². The average molecular weight is 235 g/mol. The molecule has 0 aliphatic rings. The standard InChI is InChI=1S/C14H25N3/c1-3-5-10-17(11-6-4-2)14-8-7-9-16-13(14)12-15/h7-9H,3-6,10-12,15H2,1-2H3. The van der Waals surface area contributed by atoms with E-state index in [2.05, 4.69) is 29.8 Å². The third-order valence-corrected chi connectivity index (χ3v) is 2.96. The fraction of sp³-hybridized carbons (Fsp3) is 0.643. The summed E-state index contributed by atoms with van der Waals surface area (Å²) in [5, 5.41) is 0. The van der Waals surface area contributed by atoms with Crippen LogP contribution in [0.2, 0.25) is 0 Å². The first-order chi connectivity index (χ1) is 8.33. The first-order valence-electron chi connectivity index (χ1n) is 6.72. The molecule has 0 aliphatic heterocycles. The number of unbranched alkanes of at least 4 members (excludes halogenated alkanes) is 2. The second kappa shape index (κ2) is 8.07. The highest BCUT2D eigenvalue weighted by Gasteiger charge is 2.09. The van der Waals surface area contributed by atoms with E-state index in [1.807, 2.05) is 12.3 Å². The van der Waals surface area contributed by atoms with Crippen LogP contribution >= 0.6 is 0 Å². The second-order valence-electron chi connectivity index (χ2n) is 4.37. The van der Waals surface area contributed by atoms with Gasteiger partial charge in [0.15, 0.2) is 0 Å². The average Bonchev–Trinajstić information content (AvgIpc) is 2.39. The van der Waals surface area contributed by atoms with Crippen LogP contribution in [0.15, 0.2) is 18.3 Å². The predicted molar refractivity (Wildman–Crippen MR) is 74.2 cm³/mol. The minimum absolute atomic E-state index is 0.519. The van der Waals surface area contributed by atoms with Crippen LogP contribution in [-0.2, 0) is 6.54 Å². The van der Waals surface area contributed by atoms with Gasteiger partial charge in [-0.2, -0.15) is 0 Å². The topological polar surface area (TPSA) is 42.2 Å². The molecule has 17 heavy (non-hydrogen) atoms. The molecule has 0 bridgehead atoms. The van der Waals surface area contributed by atoms with Crippen LogP contribution in [0.3, 0.4) is 0 Å². The van der Waals surface area contributed by atoms with Gasteiger partial charge >= 0.3 is 0 Å². The Morgan fingerprint density at radius 3 is 2.35 bits per heavy atom. The van der Waals surface area contributed by atoms with Gasteiger partial charge in [0, 0.05) is 25.8 Å². The van der Waals surface area contributed by atoms with Crippen LogP contribution in [0.4, 0.5) is 5.69 Å². The Morgan fingerprint density at radius 1 is 1.18 bits per heavy atom. The Labute approximate surface area is 105 Å². The van der Waals surface area contributed by atoms with Gasteiger partial charge in [0.05, 0.1) is 11.4 Å². The highest BCUT2D eigenvalue weighted by Crippen LogP contribution is 2.19. The third-order valence-electron chi connectivity index (χ3n) is 2.96. The number of anilines is 1. The molecule has 1 heterocycles. The minimum Gasteiger partial charge on any atom is -0.370 e. The van der Waals surface area contributed by atoms with Crippen molar-refractivity contribution in [3.05, 3.63) is 24.0 Å². The molecule has 0 amide bonds. The molecule has 0 aromatic carbocycles. The lowest BCUT2D eigenvalue weighted by atomic mass is 10.2. The summed E-state index contributed by atoms with van der Waals surface area (Å²) >= 11 is 0. The highest BCUT2D eigenvalue weighted by molar-refractivity contribution is 5.50. The van der Waals surface area contributed by atoms with E-state index in [0.717, 1.165) is 18.8 Å². The predicted octanol–water partition coefficient (Wildman–Crippen LogP) is 2.95. The number of pyridine rings is 1. The number of rotatable bonds is 8. The second-order valence-corrected chi connectivity index (χ2v) is 4.37. The largest absolute Gasteiger partial charge is 0.370 e. The molecule has 0 fully saturated rings. The highest BCUT2D eigenvalue weighted by atomic mass is 15.1. The Hall–Kier alpha value is -1.09. The van der Waals surface area contributed by atoms with E-state index in [-0.39, 0.29) is 0 Å². The monoisotopic (exact) mass is 235 g/mol. The summed E-state index contributed by atoms with van der Waals surface area (Å²) in [6, 6.07) is 4.14. The first kappa shape index (κ1) is 14.0. The molecule has 1 rings (SSSR count). The van der Waals surface area contributed by atoms with Gasteiger partial charge in [-0.1, -0.05) is 26.7 Å². The molecule has 3 nitrogen and oxygen atoms in total. The maximum Gasteiger partial charge on any atom is 0.0772 e. The van der Waals surface area contributed by atoms with E-state index in [4.69, 9.17) is 5.73 Å². The maximum absolute atomic E-state index is 5.76. The summed E-state index contributed by atoms with van der Waals surface area (Å²) in [5.74, 6) is 0. The van der Waals surface area contributed by atoms with E-state index >= 15 is 0 Å². The van der Waals surface area contributed by atoms with E-state index < -0.39 is 0 Å². The zero-order valence-corrected chi connectivity index (χ0v) is 11.2. The van der Waals surface area contributed by atoms with Gasteiger partial charge in [0.25, 0.3) is 0 Å². The molecule has 0 aliphatic carbocycles. The van der Waals surface area contributed by atoms with Gasteiger partial charge in [-0.15, -0.1) is 0 Å². The molecule has 0 radical (unpaired) electrons. The fourth-order valence-corrected chi connectivity index (χ4v) is 1.93. The third kappa shape index (κ3) is 4.35. The van der Waals surface area contributed by atoms with Crippen molar-refractivity contribution in [2.45, 2.75) is 46.1 Å². The molecule has 1 aromatic heterocycles. The quantitative estimate of drug-likeness (QED) is 0.753. The van der Waals surface area contributed by atoms with Crippen molar-refractivity contribution in [3.63, 3.8) is 0 Å². The van der Waals surface area contributed by atoms with Crippen molar-refractivity contribution in [1.82, 2.24) is 4.98 Å². The molecule has 3 heteroatoms. The molecule has 0 saturated heterocycles. The van der Waals surface area contributed by atoms with E-state index in [1.54, 1.807) is 0 Å². The van der Waals surface area contributed by atoms with E-state index in [9.17, 15) is 0 Å². The minimum atomic E-state index is 0.519. The van der Waals surface area contributed by atoms with Gasteiger partial charge in [-0.25, -0.2) is 0 Å². The molecule has 2 N–H and O–H groups in total.